The largest absolute Gasteiger partial charge is 0.303 e. The average Bonchev–Trinajstić information content (AvgIpc) is 3.03. The quantitative estimate of drug-likeness (QED) is 0.543. The number of nitrogens with zero attached hydrogens (tertiary/aromatic N) is 1. The lowest BCUT2D eigenvalue weighted by molar-refractivity contribution is -0.109. The molecule has 0 spiro atoms. The zero-order valence-corrected chi connectivity index (χ0v) is 8.42. The molecule has 1 aromatic rings. The summed E-state index contributed by atoms with van der Waals surface area (Å²) in [5.74, 6) is -0.702. The van der Waals surface area contributed by atoms with Crippen molar-refractivity contribution in [1.82, 2.24) is 4.90 Å². The predicted octanol–water partition coefficient (Wildman–Crippen LogP) is 0.870. The van der Waals surface area contributed by atoms with E-state index in [0.29, 0.717) is 17.5 Å². The molecular weight excluding hydrogens is 206 g/mol. The second-order valence-corrected chi connectivity index (χ2v) is 4.13. The van der Waals surface area contributed by atoms with E-state index >= 15 is 0 Å². The first-order chi connectivity index (χ1) is 7.74. The van der Waals surface area contributed by atoms with Crippen LogP contribution in [0.2, 0.25) is 0 Å². The molecule has 2 amide bonds. The number of carbonyl (C=O) groups is 3. The Morgan fingerprint density at radius 1 is 1.12 bits per heavy atom. The van der Waals surface area contributed by atoms with Crippen LogP contribution in [0.5, 0.6) is 0 Å². The van der Waals surface area contributed by atoms with Gasteiger partial charge < -0.3 is 4.79 Å². The van der Waals surface area contributed by atoms with E-state index in [-0.39, 0.29) is 23.8 Å². The molecule has 4 heteroatoms. The zero-order chi connectivity index (χ0) is 11.3. The Bertz CT molecular complexity index is 474. The first-order valence-corrected chi connectivity index (χ1v) is 5.16. The molecule has 0 saturated heterocycles. The molecule has 0 aromatic heterocycles. The summed E-state index contributed by atoms with van der Waals surface area (Å²) < 4.78 is 0. The monoisotopic (exact) mass is 215 g/mol. The Balaban J connectivity index is 1.99. The molecule has 1 aliphatic heterocycles. The van der Waals surface area contributed by atoms with Gasteiger partial charge in [-0.25, -0.2) is 0 Å². The molecule has 1 fully saturated rings. The summed E-state index contributed by atoms with van der Waals surface area (Å²) in [6, 6.07) is 6.54. The predicted molar refractivity (Wildman–Crippen MR) is 54.9 cm³/mol. The van der Waals surface area contributed by atoms with Crippen LogP contribution in [0.3, 0.4) is 0 Å². The fourth-order valence-corrected chi connectivity index (χ4v) is 2.15. The Hall–Kier alpha value is -1.97. The molecule has 2 aliphatic rings. The van der Waals surface area contributed by atoms with Crippen molar-refractivity contribution >= 4 is 18.1 Å². The van der Waals surface area contributed by atoms with E-state index in [0.717, 1.165) is 6.29 Å². The normalized spacial score (nSPS) is 26.9. The van der Waals surface area contributed by atoms with E-state index in [1.807, 2.05) is 0 Å². The maximum Gasteiger partial charge on any atom is 0.261 e. The van der Waals surface area contributed by atoms with E-state index in [1.165, 1.54) is 4.90 Å². The lowest BCUT2D eigenvalue weighted by atomic mass is 10.1. The molecule has 16 heavy (non-hydrogen) atoms. The SMILES string of the molecule is O=C[C@H]1CC1N1C(=O)c2ccccc2C1=O. The van der Waals surface area contributed by atoms with Gasteiger partial charge in [0.2, 0.25) is 0 Å². The van der Waals surface area contributed by atoms with Crippen molar-refractivity contribution in [3.05, 3.63) is 35.4 Å². The Kier molecular flexibility index (Phi) is 1.74. The van der Waals surface area contributed by atoms with E-state index in [9.17, 15) is 14.4 Å². The lowest BCUT2D eigenvalue weighted by Crippen LogP contribution is -2.33. The molecular formula is C12H9NO3. The maximum atomic E-state index is 11.9. The second kappa shape index (κ2) is 3.01. The summed E-state index contributed by atoms with van der Waals surface area (Å²) in [6.07, 6.45) is 1.42. The highest BCUT2D eigenvalue weighted by molar-refractivity contribution is 6.21. The minimum Gasteiger partial charge on any atom is -0.303 e. The van der Waals surface area contributed by atoms with Gasteiger partial charge in [-0.2, -0.15) is 0 Å². The molecule has 0 N–H and O–H groups in total. The third-order valence-corrected chi connectivity index (χ3v) is 3.14. The lowest BCUT2D eigenvalue weighted by Gasteiger charge is -2.12. The number of fused-ring (bicyclic) bond motifs is 1. The summed E-state index contributed by atoms with van der Waals surface area (Å²) in [5, 5.41) is 0. The van der Waals surface area contributed by atoms with E-state index in [4.69, 9.17) is 0 Å². The number of benzene rings is 1. The molecule has 1 unspecified atom stereocenters. The topological polar surface area (TPSA) is 54.5 Å². The summed E-state index contributed by atoms with van der Waals surface area (Å²) in [4.78, 5) is 35.7. The highest BCUT2D eigenvalue weighted by Gasteiger charge is 2.50. The van der Waals surface area contributed by atoms with Gasteiger partial charge in [0.25, 0.3) is 11.8 Å². The van der Waals surface area contributed by atoms with Crippen molar-refractivity contribution < 1.29 is 14.4 Å². The number of imide groups is 1. The number of hydrogen-bond donors (Lipinski definition) is 0. The third kappa shape index (κ3) is 1.07. The van der Waals surface area contributed by atoms with Crippen LogP contribution in [-0.4, -0.2) is 29.0 Å². The van der Waals surface area contributed by atoms with Gasteiger partial charge in [-0.3, -0.25) is 14.5 Å². The minimum absolute atomic E-state index is 0.165. The molecule has 0 radical (unpaired) electrons. The molecule has 2 atom stereocenters. The van der Waals surface area contributed by atoms with Crippen LogP contribution in [0.25, 0.3) is 0 Å². The van der Waals surface area contributed by atoms with Crippen LogP contribution in [0, 0.1) is 5.92 Å². The smallest absolute Gasteiger partial charge is 0.261 e. The Labute approximate surface area is 91.9 Å². The minimum atomic E-state index is -0.269. The van der Waals surface area contributed by atoms with Gasteiger partial charge in [0.1, 0.15) is 6.29 Å². The van der Waals surface area contributed by atoms with Crippen LogP contribution in [-0.2, 0) is 4.79 Å². The molecule has 1 heterocycles. The maximum absolute atomic E-state index is 11.9. The Morgan fingerprint density at radius 2 is 1.69 bits per heavy atom. The van der Waals surface area contributed by atoms with Gasteiger partial charge in [0.05, 0.1) is 17.2 Å². The number of aldehydes is 1. The van der Waals surface area contributed by atoms with Crippen molar-refractivity contribution in [2.24, 2.45) is 5.92 Å². The van der Waals surface area contributed by atoms with E-state index < -0.39 is 0 Å². The first kappa shape index (κ1) is 9.27. The summed E-state index contributed by atoms with van der Waals surface area (Å²) >= 11 is 0. The summed E-state index contributed by atoms with van der Waals surface area (Å²) in [7, 11) is 0. The molecule has 80 valence electrons. The number of rotatable bonds is 2. The molecule has 0 bridgehead atoms. The van der Waals surface area contributed by atoms with Crippen LogP contribution in [0.4, 0.5) is 0 Å². The van der Waals surface area contributed by atoms with Gasteiger partial charge in [-0.05, 0) is 18.6 Å². The first-order valence-electron chi connectivity index (χ1n) is 5.16. The Morgan fingerprint density at radius 3 is 2.12 bits per heavy atom. The zero-order valence-electron chi connectivity index (χ0n) is 8.42. The number of hydrogen-bond acceptors (Lipinski definition) is 3. The van der Waals surface area contributed by atoms with Crippen LogP contribution >= 0.6 is 0 Å². The van der Waals surface area contributed by atoms with Crippen LogP contribution < -0.4 is 0 Å². The molecule has 4 nitrogen and oxygen atoms in total. The standard InChI is InChI=1S/C12H9NO3/c14-6-7-5-10(7)13-11(15)8-3-1-2-4-9(8)12(13)16/h1-4,6-7,10H,5H2/t7-,10?/m1/s1. The molecule has 1 saturated carbocycles. The fourth-order valence-electron chi connectivity index (χ4n) is 2.15. The van der Waals surface area contributed by atoms with E-state index in [1.54, 1.807) is 24.3 Å². The van der Waals surface area contributed by atoms with Gasteiger partial charge in [0.15, 0.2) is 0 Å². The molecule has 3 rings (SSSR count). The summed E-state index contributed by atoms with van der Waals surface area (Å²) in [5.41, 5.74) is 0.896. The number of amides is 2. The average molecular weight is 215 g/mol. The number of carbonyl (C=O) groups excluding carboxylic acids is 3. The van der Waals surface area contributed by atoms with E-state index in [2.05, 4.69) is 0 Å². The van der Waals surface area contributed by atoms with Crippen LogP contribution in [0.15, 0.2) is 24.3 Å². The molecule has 1 aromatic carbocycles. The van der Waals surface area contributed by atoms with Gasteiger partial charge in [-0.1, -0.05) is 12.1 Å². The highest BCUT2D eigenvalue weighted by Crippen LogP contribution is 2.38. The van der Waals surface area contributed by atoms with Gasteiger partial charge in [0, 0.05) is 5.92 Å². The van der Waals surface area contributed by atoms with Crippen molar-refractivity contribution in [3.63, 3.8) is 0 Å². The third-order valence-electron chi connectivity index (χ3n) is 3.14. The summed E-state index contributed by atoms with van der Waals surface area (Å²) in [6.45, 7) is 0. The van der Waals surface area contributed by atoms with Gasteiger partial charge in [-0.15, -0.1) is 0 Å². The molecule has 1 aliphatic carbocycles. The fraction of sp³-hybridized carbons (Fsp3) is 0.250. The van der Waals surface area contributed by atoms with Gasteiger partial charge >= 0.3 is 0 Å². The highest BCUT2D eigenvalue weighted by atomic mass is 16.2. The van der Waals surface area contributed by atoms with Crippen molar-refractivity contribution in [2.45, 2.75) is 12.5 Å². The van der Waals surface area contributed by atoms with Crippen molar-refractivity contribution in [2.75, 3.05) is 0 Å². The van der Waals surface area contributed by atoms with Crippen molar-refractivity contribution in [3.8, 4) is 0 Å². The van der Waals surface area contributed by atoms with Crippen LogP contribution in [0.1, 0.15) is 27.1 Å². The van der Waals surface area contributed by atoms with Crippen molar-refractivity contribution in [1.29, 1.82) is 0 Å². The second-order valence-electron chi connectivity index (χ2n) is 4.13.